The van der Waals surface area contributed by atoms with Crippen molar-refractivity contribution in [3.8, 4) is 0 Å². The monoisotopic (exact) mass is 265 g/mol. The molecule has 1 aromatic heterocycles. The Morgan fingerprint density at radius 2 is 2.11 bits per heavy atom. The second kappa shape index (κ2) is 7.22. The van der Waals surface area contributed by atoms with Crippen LogP contribution in [0.25, 0.3) is 0 Å². The van der Waals surface area contributed by atoms with E-state index in [0.29, 0.717) is 19.4 Å². The molecule has 1 heterocycles. The van der Waals surface area contributed by atoms with E-state index >= 15 is 0 Å². The molecule has 0 radical (unpaired) electrons. The highest BCUT2D eigenvalue weighted by Gasteiger charge is 2.17. The minimum absolute atomic E-state index is 0.00650. The lowest BCUT2D eigenvalue weighted by molar-refractivity contribution is -0.116. The molecule has 7 nitrogen and oxygen atoms in total. The third kappa shape index (κ3) is 3.85. The van der Waals surface area contributed by atoms with Gasteiger partial charge in [0.25, 0.3) is 5.91 Å². The van der Waals surface area contributed by atoms with Gasteiger partial charge in [-0.25, -0.2) is 9.78 Å². The Hall–Kier alpha value is -2.28. The molecule has 0 aliphatic carbocycles. The number of rotatable bonds is 6. The highest BCUT2D eigenvalue weighted by atomic mass is 16.5. The predicted molar refractivity (Wildman–Crippen MR) is 66.3 cm³/mol. The number of esters is 1. The smallest absolute Gasteiger partial charge is 0.356 e. The molecule has 0 bridgehead atoms. The zero-order chi connectivity index (χ0) is 14.3. The summed E-state index contributed by atoms with van der Waals surface area (Å²) in [5.74, 6) is -1.22. The number of carbonyl (C=O) groups excluding carboxylic acids is 3. The first-order chi connectivity index (χ1) is 9.13. The maximum absolute atomic E-state index is 12.0. The van der Waals surface area contributed by atoms with Crippen LogP contribution < -0.4 is 5.73 Å². The lowest BCUT2D eigenvalue weighted by atomic mass is 10.2. The van der Waals surface area contributed by atoms with Crippen molar-refractivity contribution in [1.29, 1.82) is 0 Å². The molecule has 7 heteroatoms. The van der Waals surface area contributed by atoms with E-state index in [1.54, 1.807) is 0 Å². The van der Waals surface area contributed by atoms with Gasteiger partial charge in [-0.15, -0.1) is 0 Å². The second-order valence-electron chi connectivity index (χ2n) is 3.65. The Morgan fingerprint density at radius 1 is 1.42 bits per heavy atom. The average molecular weight is 265 g/mol. The van der Waals surface area contributed by atoms with Gasteiger partial charge in [-0.05, 0) is 25.1 Å². The minimum Gasteiger partial charge on any atom is -0.464 e. The van der Waals surface area contributed by atoms with Crippen molar-refractivity contribution in [3.63, 3.8) is 0 Å². The van der Waals surface area contributed by atoms with Crippen LogP contribution in [0, 0.1) is 0 Å². The van der Waals surface area contributed by atoms with Gasteiger partial charge in [0, 0.05) is 6.54 Å². The van der Waals surface area contributed by atoms with Gasteiger partial charge in [0.05, 0.1) is 7.11 Å². The number of carbonyl (C=O) groups is 3. The number of methoxy groups -OCH3 is 1. The molecule has 0 saturated heterocycles. The zero-order valence-corrected chi connectivity index (χ0v) is 10.5. The Balaban J connectivity index is 2.92. The molecule has 0 saturated carbocycles. The molecule has 0 spiro atoms. The van der Waals surface area contributed by atoms with E-state index in [4.69, 9.17) is 5.73 Å². The summed E-state index contributed by atoms with van der Waals surface area (Å²) in [5, 5.41) is 0. The number of hydrogen-bond donors (Lipinski definition) is 1. The number of pyridine rings is 1. The van der Waals surface area contributed by atoms with Gasteiger partial charge in [0.15, 0.2) is 0 Å². The van der Waals surface area contributed by atoms with Gasteiger partial charge in [-0.3, -0.25) is 14.5 Å². The quantitative estimate of drug-likeness (QED) is 0.565. The highest BCUT2D eigenvalue weighted by Crippen LogP contribution is 2.04. The number of nitrogens with zero attached hydrogens (tertiary/aromatic N) is 2. The van der Waals surface area contributed by atoms with E-state index in [1.165, 1.54) is 25.3 Å². The molecule has 2 N–H and O–H groups in total. The normalized spacial score (nSPS) is 9.79. The number of ether oxygens (including phenoxy) is 1. The maximum atomic E-state index is 12.0. The molecule has 0 fully saturated rings. The van der Waals surface area contributed by atoms with Crippen LogP contribution in [0.5, 0.6) is 0 Å². The topological polar surface area (TPSA) is 103 Å². The molecule has 0 aromatic carbocycles. The summed E-state index contributed by atoms with van der Waals surface area (Å²) in [4.78, 5) is 39.0. The molecule has 1 aromatic rings. The van der Waals surface area contributed by atoms with Crippen molar-refractivity contribution in [3.05, 3.63) is 29.6 Å². The first kappa shape index (κ1) is 14.8. The Kier molecular flexibility index (Phi) is 5.62. The van der Waals surface area contributed by atoms with Crippen LogP contribution in [0.4, 0.5) is 0 Å². The molecule has 19 heavy (non-hydrogen) atoms. The molecule has 0 aliphatic heterocycles. The van der Waals surface area contributed by atoms with Gasteiger partial charge in [-0.2, -0.15) is 0 Å². The second-order valence-corrected chi connectivity index (χ2v) is 3.65. The first-order valence-electron chi connectivity index (χ1n) is 5.65. The molecule has 1 rings (SSSR count). The van der Waals surface area contributed by atoms with Gasteiger partial charge < -0.3 is 10.5 Å². The minimum atomic E-state index is -0.644. The van der Waals surface area contributed by atoms with Crippen LogP contribution in [-0.4, -0.2) is 48.4 Å². The number of nitrogens with two attached hydrogens (primary N) is 1. The fraction of sp³-hybridized carbons (Fsp3) is 0.333. The van der Waals surface area contributed by atoms with Crippen molar-refractivity contribution in [2.24, 2.45) is 5.73 Å². The van der Waals surface area contributed by atoms with E-state index in [1.807, 2.05) is 0 Å². The average Bonchev–Trinajstić information content (AvgIpc) is 2.47. The Labute approximate surface area is 110 Å². The van der Waals surface area contributed by atoms with Gasteiger partial charge in [-0.1, -0.05) is 6.07 Å². The van der Waals surface area contributed by atoms with E-state index in [-0.39, 0.29) is 17.9 Å². The van der Waals surface area contributed by atoms with Crippen molar-refractivity contribution in [2.75, 3.05) is 20.2 Å². The van der Waals surface area contributed by atoms with Crippen LogP contribution >= 0.6 is 0 Å². The molecular formula is C12H15N3O4. The lowest BCUT2D eigenvalue weighted by Gasteiger charge is -2.14. The number of hydrogen-bond acceptors (Lipinski definition) is 6. The summed E-state index contributed by atoms with van der Waals surface area (Å²) in [7, 11) is 1.22. The van der Waals surface area contributed by atoms with E-state index in [2.05, 4.69) is 9.72 Å². The molecule has 102 valence electrons. The Morgan fingerprint density at radius 3 is 2.68 bits per heavy atom. The number of imide groups is 1. The fourth-order valence-corrected chi connectivity index (χ4v) is 1.38. The van der Waals surface area contributed by atoms with Crippen LogP contribution in [0.3, 0.4) is 0 Å². The van der Waals surface area contributed by atoms with Crippen molar-refractivity contribution in [2.45, 2.75) is 6.42 Å². The van der Waals surface area contributed by atoms with Crippen LogP contribution in [0.2, 0.25) is 0 Å². The number of amides is 2. The summed E-state index contributed by atoms with van der Waals surface area (Å²) >= 11 is 0. The van der Waals surface area contributed by atoms with Gasteiger partial charge in [0.2, 0.25) is 6.41 Å². The van der Waals surface area contributed by atoms with Crippen molar-refractivity contribution >= 4 is 18.3 Å². The summed E-state index contributed by atoms with van der Waals surface area (Å²) in [6, 6.07) is 4.35. The van der Waals surface area contributed by atoms with Crippen LogP contribution in [-0.2, 0) is 9.53 Å². The van der Waals surface area contributed by atoms with Crippen molar-refractivity contribution < 1.29 is 19.1 Å². The Bertz CT molecular complexity index is 476. The van der Waals surface area contributed by atoms with Crippen LogP contribution in [0.1, 0.15) is 27.4 Å². The van der Waals surface area contributed by atoms with Gasteiger partial charge in [0.1, 0.15) is 11.4 Å². The third-order valence-electron chi connectivity index (χ3n) is 2.35. The molecule has 0 atom stereocenters. The van der Waals surface area contributed by atoms with Crippen molar-refractivity contribution in [1.82, 2.24) is 9.88 Å². The predicted octanol–water partition coefficient (Wildman–Crippen LogP) is -0.184. The van der Waals surface area contributed by atoms with Crippen LogP contribution in [0.15, 0.2) is 18.2 Å². The standard InChI is InChI=1S/C12H15N3O4/c1-19-12(18)10-5-2-4-9(14-10)11(17)15(8-16)7-3-6-13/h2,4-5,8H,3,6-7,13H2,1H3. The zero-order valence-electron chi connectivity index (χ0n) is 10.5. The summed E-state index contributed by atoms with van der Waals surface area (Å²) in [5.41, 5.74) is 5.34. The van der Waals surface area contributed by atoms with E-state index < -0.39 is 11.9 Å². The largest absolute Gasteiger partial charge is 0.464 e. The maximum Gasteiger partial charge on any atom is 0.356 e. The summed E-state index contributed by atoms with van der Waals surface area (Å²) < 4.78 is 4.51. The lowest BCUT2D eigenvalue weighted by Crippen LogP contribution is -2.32. The SMILES string of the molecule is COC(=O)c1cccc(C(=O)N(C=O)CCCN)n1. The highest BCUT2D eigenvalue weighted by molar-refractivity contribution is 5.99. The number of aromatic nitrogens is 1. The van der Waals surface area contributed by atoms with E-state index in [0.717, 1.165) is 4.90 Å². The summed E-state index contributed by atoms with van der Waals surface area (Å²) in [6.45, 7) is 0.580. The molecule has 0 unspecified atom stereocenters. The third-order valence-corrected chi connectivity index (χ3v) is 2.35. The molecule has 2 amide bonds. The van der Waals surface area contributed by atoms with E-state index in [9.17, 15) is 14.4 Å². The van der Waals surface area contributed by atoms with Gasteiger partial charge >= 0.3 is 5.97 Å². The summed E-state index contributed by atoms with van der Waals surface area (Å²) in [6.07, 6.45) is 0.922. The molecular weight excluding hydrogens is 250 g/mol. The first-order valence-corrected chi connectivity index (χ1v) is 5.65. The fourth-order valence-electron chi connectivity index (χ4n) is 1.38. The molecule has 0 aliphatic rings.